The number of benzene rings is 1. The van der Waals surface area contributed by atoms with Crippen molar-refractivity contribution in [2.45, 2.75) is 39.2 Å². The molecule has 3 nitrogen and oxygen atoms in total. The fraction of sp³-hybridized carbons (Fsp3) is 0.538. The highest BCUT2D eigenvalue weighted by Crippen LogP contribution is 2.41. The quantitative estimate of drug-likeness (QED) is 0.852. The lowest BCUT2D eigenvalue weighted by Crippen LogP contribution is -2.19. The van der Waals surface area contributed by atoms with Gasteiger partial charge in [0.1, 0.15) is 0 Å². The first-order valence-electron chi connectivity index (χ1n) is 5.76. The number of hydrogen-bond acceptors (Lipinski definition) is 3. The molecule has 0 spiro atoms. The molecule has 88 valence electrons. The zero-order chi connectivity index (χ0) is 11.7. The molecular formula is C13H19NO2. The van der Waals surface area contributed by atoms with Gasteiger partial charge in [-0.15, -0.1) is 0 Å². The van der Waals surface area contributed by atoms with Crippen LogP contribution < -0.4 is 15.2 Å². The fourth-order valence-corrected chi connectivity index (χ4v) is 2.19. The van der Waals surface area contributed by atoms with Crippen molar-refractivity contribution in [2.75, 3.05) is 6.79 Å². The summed E-state index contributed by atoms with van der Waals surface area (Å²) < 4.78 is 10.9. The maximum absolute atomic E-state index is 5.87. The Morgan fingerprint density at radius 1 is 1.25 bits per heavy atom. The molecule has 1 atom stereocenters. The average Bonchev–Trinajstić information content (AvgIpc) is 2.63. The van der Waals surface area contributed by atoms with Crippen molar-refractivity contribution in [3.05, 3.63) is 23.3 Å². The Kier molecular flexibility index (Phi) is 3.06. The topological polar surface area (TPSA) is 44.5 Å². The lowest BCUT2D eigenvalue weighted by atomic mass is 9.92. The van der Waals surface area contributed by atoms with Gasteiger partial charge < -0.3 is 15.2 Å². The monoisotopic (exact) mass is 221 g/mol. The number of hydrogen-bond donors (Lipinski definition) is 1. The molecule has 1 aromatic carbocycles. The largest absolute Gasteiger partial charge is 0.454 e. The van der Waals surface area contributed by atoms with E-state index in [9.17, 15) is 0 Å². The van der Waals surface area contributed by atoms with Crippen LogP contribution in [0.4, 0.5) is 0 Å². The highest BCUT2D eigenvalue weighted by molar-refractivity contribution is 5.53. The van der Waals surface area contributed by atoms with Gasteiger partial charge in [0.05, 0.1) is 0 Å². The van der Waals surface area contributed by atoms with E-state index >= 15 is 0 Å². The molecule has 0 radical (unpaired) electrons. The van der Waals surface area contributed by atoms with Crippen molar-refractivity contribution >= 4 is 0 Å². The van der Waals surface area contributed by atoms with Gasteiger partial charge in [-0.25, -0.2) is 0 Å². The minimum atomic E-state index is 0.165. The van der Waals surface area contributed by atoms with Crippen LogP contribution in [-0.4, -0.2) is 12.8 Å². The van der Waals surface area contributed by atoms with Gasteiger partial charge in [-0.2, -0.15) is 0 Å². The molecule has 16 heavy (non-hydrogen) atoms. The minimum Gasteiger partial charge on any atom is -0.454 e. The summed E-state index contributed by atoms with van der Waals surface area (Å²) in [6.07, 6.45) is 0.879. The average molecular weight is 221 g/mol. The second kappa shape index (κ2) is 4.34. The molecule has 2 rings (SSSR count). The van der Waals surface area contributed by atoms with Crippen LogP contribution in [0.2, 0.25) is 0 Å². The summed E-state index contributed by atoms with van der Waals surface area (Å²) in [5.41, 5.74) is 8.38. The molecule has 0 aromatic heterocycles. The third-order valence-electron chi connectivity index (χ3n) is 2.79. The van der Waals surface area contributed by atoms with Gasteiger partial charge in [-0.3, -0.25) is 0 Å². The van der Waals surface area contributed by atoms with Crippen LogP contribution in [0.1, 0.15) is 37.8 Å². The van der Waals surface area contributed by atoms with Crippen molar-refractivity contribution in [3.8, 4) is 11.5 Å². The molecule has 0 bridgehead atoms. The minimum absolute atomic E-state index is 0.165. The summed E-state index contributed by atoms with van der Waals surface area (Å²) in [5.74, 6) is 2.19. The lowest BCUT2D eigenvalue weighted by Gasteiger charge is -2.16. The number of rotatable bonds is 3. The molecule has 1 heterocycles. The van der Waals surface area contributed by atoms with E-state index in [-0.39, 0.29) is 6.04 Å². The van der Waals surface area contributed by atoms with Gasteiger partial charge >= 0.3 is 0 Å². The van der Waals surface area contributed by atoms with E-state index in [4.69, 9.17) is 15.2 Å². The first kappa shape index (κ1) is 11.3. The Labute approximate surface area is 96.5 Å². The predicted octanol–water partition coefficient (Wildman–Crippen LogP) is 2.43. The number of fused-ring (bicyclic) bond motifs is 1. The van der Waals surface area contributed by atoms with Gasteiger partial charge in [-0.1, -0.05) is 19.9 Å². The summed E-state index contributed by atoms with van der Waals surface area (Å²) >= 11 is 0. The van der Waals surface area contributed by atoms with Crippen LogP contribution in [0.15, 0.2) is 12.1 Å². The standard InChI is InChI=1S/C13H19NO2/c1-8(2)12-10(6-9(3)14)4-5-11-13(12)16-7-15-11/h4-5,8-9H,6-7,14H2,1-3H3. The molecule has 0 amide bonds. The Bertz CT molecular complexity index is 386. The van der Waals surface area contributed by atoms with E-state index in [0.717, 1.165) is 17.9 Å². The van der Waals surface area contributed by atoms with E-state index in [0.29, 0.717) is 12.7 Å². The third kappa shape index (κ3) is 2.00. The van der Waals surface area contributed by atoms with E-state index in [1.165, 1.54) is 11.1 Å². The normalized spacial score (nSPS) is 15.6. The molecule has 0 fully saturated rings. The predicted molar refractivity (Wildman–Crippen MR) is 64.0 cm³/mol. The first-order valence-corrected chi connectivity index (χ1v) is 5.76. The van der Waals surface area contributed by atoms with Gasteiger partial charge in [0, 0.05) is 11.6 Å². The summed E-state index contributed by atoms with van der Waals surface area (Å²) in [5, 5.41) is 0. The Balaban J connectivity index is 2.45. The summed E-state index contributed by atoms with van der Waals surface area (Å²) in [4.78, 5) is 0. The molecule has 1 aliphatic rings. The molecule has 1 aliphatic heterocycles. The van der Waals surface area contributed by atoms with Crippen molar-refractivity contribution in [3.63, 3.8) is 0 Å². The third-order valence-corrected chi connectivity index (χ3v) is 2.79. The van der Waals surface area contributed by atoms with Crippen LogP contribution in [-0.2, 0) is 6.42 Å². The molecule has 0 aliphatic carbocycles. The van der Waals surface area contributed by atoms with Crippen LogP contribution in [0.5, 0.6) is 11.5 Å². The van der Waals surface area contributed by atoms with E-state index in [2.05, 4.69) is 19.9 Å². The maximum atomic E-state index is 5.87. The van der Waals surface area contributed by atoms with Crippen LogP contribution >= 0.6 is 0 Å². The lowest BCUT2D eigenvalue weighted by molar-refractivity contribution is 0.173. The van der Waals surface area contributed by atoms with Gasteiger partial charge in [-0.05, 0) is 30.9 Å². The van der Waals surface area contributed by atoms with Crippen molar-refractivity contribution < 1.29 is 9.47 Å². The molecule has 3 heteroatoms. The Hall–Kier alpha value is -1.22. The number of nitrogens with two attached hydrogens (primary N) is 1. The zero-order valence-corrected chi connectivity index (χ0v) is 10.1. The fourth-order valence-electron chi connectivity index (χ4n) is 2.19. The van der Waals surface area contributed by atoms with E-state index in [1.807, 2.05) is 13.0 Å². The van der Waals surface area contributed by atoms with Crippen LogP contribution in [0.3, 0.4) is 0 Å². The Morgan fingerprint density at radius 3 is 2.62 bits per heavy atom. The molecule has 2 N–H and O–H groups in total. The van der Waals surface area contributed by atoms with Crippen LogP contribution in [0.25, 0.3) is 0 Å². The summed E-state index contributed by atoms with van der Waals surface area (Å²) in [7, 11) is 0. The van der Waals surface area contributed by atoms with Crippen LogP contribution in [0, 0.1) is 0 Å². The SMILES string of the molecule is CC(N)Cc1ccc2c(c1C(C)C)OCO2. The van der Waals surface area contributed by atoms with Gasteiger partial charge in [0.25, 0.3) is 0 Å². The first-order chi connectivity index (χ1) is 7.59. The summed E-state index contributed by atoms with van der Waals surface area (Å²) in [6.45, 7) is 6.69. The highest BCUT2D eigenvalue weighted by Gasteiger charge is 2.22. The maximum Gasteiger partial charge on any atom is 0.231 e. The zero-order valence-electron chi connectivity index (χ0n) is 10.1. The van der Waals surface area contributed by atoms with Crippen molar-refractivity contribution in [1.29, 1.82) is 0 Å². The molecule has 0 saturated heterocycles. The molecular weight excluding hydrogens is 202 g/mol. The van der Waals surface area contributed by atoms with Gasteiger partial charge in [0.15, 0.2) is 11.5 Å². The van der Waals surface area contributed by atoms with E-state index < -0.39 is 0 Å². The van der Waals surface area contributed by atoms with Gasteiger partial charge in [0.2, 0.25) is 6.79 Å². The van der Waals surface area contributed by atoms with Crippen molar-refractivity contribution in [1.82, 2.24) is 0 Å². The second-order valence-corrected chi connectivity index (χ2v) is 4.71. The molecule has 1 aromatic rings. The van der Waals surface area contributed by atoms with E-state index in [1.54, 1.807) is 0 Å². The smallest absolute Gasteiger partial charge is 0.231 e. The number of ether oxygens (including phenoxy) is 2. The van der Waals surface area contributed by atoms with Crippen molar-refractivity contribution in [2.24, 2.45) is 5.73 Å². The highest BCUT2D eigenvalue weighted by atomic mass is 16.7. The molecule has 0 saturated carbocycles. The summed E-state index contributed by atoms with van der Waals surface area (Å²) in [6, 6.07) is 4.25. The molecule has 1 unspecified atom stereocenters. The second-order valence-electron chi connectivity index (χ2n) is 4.71. The Morgan fingerprint density at radius 2 is 2.00 bits per heavy atom.